The van der Waals surface area contributed by atoms with Gasteiger partial charge in [0.2, 0.25) is 0 Å². The first-order chi connectivity index (χ1) is 15.0. The number of ketones is 1. The summed E-state index contributed by atoms with van der Waals surface area (Å²) in [6.07, 6.45) is 3.22. The number of nitrogens with zero attached hydrogens (tertiary/aromatic N) is 2. The fourth-order valence-electron chi connectivity index (χ4n) is 3.82. The molecule has 0 saturated carbocycles. The molecule has 6 nitrogen and oxygen atoms in total. The van der Waals surface area contributed by atoms with Gasteiger partial charge in [0.05, 0.1) is 18.2 Å². The fraction of sp³-hybridized carbons (Fsp3) is 0.160. The Morgan fingerprint density at radius 1 is 1.10 bits per heavy atom. The molecular weight excluding hydrogens is 392 g/mol. The molecule has 156 valence electrons. The molecule has 1 atom stereocenters. The van der Waals surface area contributed by atoms with Gasteiger partial charge in [-0.1, -0.05) is 36.4 Å². The van der Waals surface area contributed by atoms with Crippen LogP contribution in [0.1, 0.15) is 29.7 Å². The van der Waals surface area contributed by atoms with Crippen LogP contribution in [0, 0.1) is 6.92 Å². The summed E-state index contributed by atoms with van der Waals surface area (Å²) in [5.41, 5.74) is 2.52. The Hall–Kier alpha value is -3.93. The molecule has 4 rings (SSSR count). The molecule has 2 heterocycles. The number of hydrogen-bond acceptors (Lipinski definition) is 5. The lowest BCUT2D eigenvalue weighted by Crippen LogP contribution is -2.30. The minimum atomic E-state index is -0.800. The zero-order chi connectivity index (χ0) is 22.0. The molecule has 1 aliphatic heterocycles. The van der Waals surface area contributed by atoms with E-state index in [4.69, 9.17) is 4.74 Å². The van der Waals surface area contributed by atoms with Crippen molar-refractivity contribution in [2.24, 2.45) is 0 Å². The SMILES string of the molecule is CCOc1cccc(/C(O)=C2/C(=O)C(=O)N(c3ccccc3C)C2c2cccnc2)c1. The number of benzene rings is 2. The third kappa shape index (κ3) is 3.68. The predicted octanol–water partition coefficient (Wildman–Crippen LogP) is 4.42. The zero-order valence-electron chi connectivity index (χ0n) is 17.3. The van der Waals surface area contributed by atoms with E-state index in [2.05, 4.69) is 4.98 Å². The van der Waals surface area contributed by atoms with Crippen molar-refractivity contribution in [3.05, 3.63) is 95.3 Å². The van der Waals surface area contributed by atoms with Gasteiger partial charge in [0, 0.05) is 23.6 Å². The van der Waals surface area contributed by atoms with Crippen molar-refractivity contribution < 1.29 is 19.4 Å². The molecule has 1 aromatic heterocycles. The van der Waals surface area contributed by atoms with Crippen LogP contribution >= 0.6 is 0 Å². The summed E-state index contributed by atoms with van der Waals surface area (Å²) in [6, 6.07) is 16.9. The van der Waals surface area contributed by atoms with E-state index in [9.17, 15) is 14.7 Å². The second-order valence-corrected chi connectivity index (χ2v) is 7.20. The van der Waals surface area contributed by atoms with E-state index in [1.165, 1.54) is 4.90 Å². The van der Waals surface area contributed by atoms with Crippen LogP contribution in [0.3, 0.4) is 0 Å². The number of aliphatic hydroxyl groups excluding tert-OH is 1. The summed E-state index contributed by atoms with van der Waals surface area (Å²) in [4.78, 5) is 31.9. The minimum Gasteiger partial charge on any atom is -0.507 e. The third-order valence-electron chi connectivity index (χ3n) is 5.24. The molecule has 1 N–H and O–H groups in total. The second-order valence-electron chi connectivity index (χ2n) is 7.20. The van der Waals surface area contributed by atoms with Crippen molar-refractivity contribution >= 4 is 23.1 Å². The van der Waals surface area contributed by atoms with Gasteiger partial charge >= 0.3 is 0 Å². The molecule has 6 heteroatoms. The van der Waals surface area contributed by atoms with Gasteiger partial charge in [0.15, 0.2) is 0 Å². The van der Waals surface area contributed by atoms with Gasteiger partial charge in [0.25, 0.3) is 11.7 Å². The van der Waals surface area contributed by atoms with Gasteiger partial charge in [-0.25, -0.2) is 0 Å². The number of aliphatic hydroxyl groups is 1. The first-order valence-corrected chi connectivity index (χ1v) is 10.0. The minimum absolute atomic E-state index is 0.0231. The topological polar surface area (TPSA) is 79.7 Å². The lowest BCUT2D eigenvalue weighted by Gasteiger charge is -2.26. The van der Waals surface area contributed by atoms with Crippen LogP contribution in [0.15, 0.2) is 78.6 Å². The monoisotopic (exact) mass is 414 g/mol. The van der Waals surface area contributed by atoms with Gasteiger partial charge in [-0.2, -0.15) is 0 Å². The quantitative estimate of drug-likeness (QED) is 0.380. The van der Waals surface area contributed by atoms with Crippen LogP contribution in [0.5, 0.6) is 5.75 Å². The van der Waals surface area contributed by atoms with E-state index >= 15 is 0 Å². The number of carbonyl (C=O) groups is 2. The van der Waals surface area contributed by atoms with E-state index in [1.54, 1.807) is 54.9 Å². The number of Topliss-reactive ketones (excluding diaryl/α,β-unsaturated/α-hetero) is 1. The number of para-hydroxylation sites is 1. The number of pyridine rings is 1. The predicted molar refractivity (Wildman–Crippen MR) is 118 cm³/mol. The van der Waals surface area contributed by atoms with Crippen molar-refractivity contribution in [2.75, 3.05) is 11.5 Å². The Morgan fingerprint density at radius 3 is 2.61 bits per heavy atom. The number of carbonyl (C=O) groups excluding carboxylic acids is 2. The molecule has 0 bridgehead atoms. The van der Waals surface area contributed by atoms with Gasteiger partial charge in [0.1, 0.15) is 11.5 Å². The molecule has 3 aromatic rings. The van der Waals surface area contributed by atoms with Crippen molar-refractivity contribution in [1.29, 1.82) is 0 Å². The number of amides is 1. The average molecular weight is 414 g/mol. The normalized spacial score (nSPS) is 17.7. The Bertz CT molecular complexity index is 1170. The molecule has 0 aliphatic carbocycles. The number of hydrogen-bond donors (Lipinski definition) is 1. The fourth-order valence-corrected chi connectivity index (χ4v) is 3.82. The molecule has 0 spiro atoms. The maximum atomic E-state index is 13.1. The van der Waals surface area contributed by atoms with E-state index < -0.39 is 17.7 Å². The smallest absolute Gasteiger partial charge is 0.300 e. The molecule has 1 aliphatic rings. The molecule has 2 aromatic carbocycles. The summed E-state index contributed by atoms with van der Waals surface area (Å²) in [6.45, 7) is 4.21. The summed E-state index contributed by atoms with van der Waals surface area (Å²) < 4.78 is 5.52. The second kappa shape index (κ2) is 8.44. The van der Waals surface area contributed by atoms with E-state index in [1.807, 2.05) is 32.0 Å². The molecule has 1 saturated heterocycles. The summed E-state index contributed by atoms with van der Waals surface area (Å²) >= 11 is 0. The van der Waals surface area contributed by atoms with Gasteiger partial charge < -0.3 is 9.84 Å². The van der Waals surface area contributed by atoms with E-state index in [0.717, 1.165) is 5.56 Å². The highest BCUT2D eigenvalue weighted by molar-refractivity contribution is 6.51. The third-order valence-corrected chi connectivity index (χ3v) is 5.24. The lowest BCUT2D eigenvalue weighted by atomic mass is 9.96. The number of rotatable bonds is 5. The first-order valence-electron chi connectivity index (χ1n) is 10.0. The van der Waals surface area contributed by atoms with Gasteiger partial charge in [-0.3, -0.25) is 19.5 Å². The molecule has 31 heavy (non-hydrogen) atoms. The van der Waals surface area contributed by atoms with Crippen LogP contribution in [0.25, 0.3) is 5.76 Å². The highest BCUT2D eigenvalue weighted by atomic mass is 16.5. The highest BCUT2D eigenvalue weighted by Gasteiger charge is 2.47. The van der Waals surface area contributed by atoms with Crippen LogP contribution in [0.2, 0.25) is 0 Å². The van der Waals surface area contributed by atoms with Crippen molar-refractivity contribution in [3.63, 3.8) is 0 Å². The standard InChI is InChI=1S/C25H22N2O4/c1-3-31-19-11-6-9-17(14-19)23(28)21-22(18-10-7-13-26-15-18)27(25(30)24(21)29)20-12-5-4-8-16(20)2/h4-15,22,28H,3H2,1-2H3/b23-21-. The van der Waals surface area contributed by atoms with E-state index in [-0.39, 0.29) is 11.3 Å². The number of ether oxygens (including phenoxy) is 1. The molecule has 1 amide bonds. The maximum absolute atomic E-state index is 13.1. The average Bonchev–Trinajstić information content (AvgIpc) is 3.05. The number of aromatic nitrogens is 1. The van der Waals surface area contributed by atoms with Crippen LogP contribution < -0.4 is 9.64 Å². The number of aryl methyl sites for hydroxylation is 1. The lowest BCUT2D eigenvalue weighted by molar-refractivity contribution is -0.132. The zero-order valence-corrected chi connectivity index (χ0v) is 17.3. The first kappa shape index (κ1) is 20.3. The largest absolute Gasteiger partial charge is 0.507 e. The summed E-state index contributed by atoms with van der Waals surface area (Å²) in [5, 5.41) is 11.2. The summed E-state index contributed by atoms with van der Waals surface area (Å²) in [5.74, 6) is -1.11. The van der Waals surface area contributed by atoms with Crippen molar-refractivity contribution in [3.8, 4) is 5.75 Å². The molecular formula is C25H22N2O4. The van der Waals surface area contributed by atoms with Crippen molar-refractivity contribution in [1.82, 2.24) is 4.98 Å². The number of anilines is 1. The Labute approximate surface area is 180 Å². The van der Waals surface area contributed by atoms with Crippen LogP contribution in [0.4, 0.5) is 5.69 Å². The van der Waals surface area contributed by atoms with Gasteiger partial charge in [-0.05, 0) is 49.2 Å². The molecule has 0 radical (unpaired) electrons. The van der Waals surface area contributed by atoms with Crippen LogP contribution in [-0.2, 0) is 9.59 Å². The molecule has 1 fully saturated rings. The van der Waals surface area contributed by atoms with Crippen molar-refractivity contribution in [2.45, 2.75) is 19.9 Å². The highest BCUT2D eigenvalue weighted by Crippen LogP contribution is 2.42. The maximum Gasteiger partial charge on any atom is 0.300 e. The molecule has 1 unspecified atom stereocenters. The Kier molecular flexibility index (Phi) is 5.54. The van der Waals surface area contributed by atoms with Gasteiger partial charge in [-0.15, -0.1) is 0 Å². The summed E-state index contributed by atoms with van der Waals surface area (Å²) in [7, 11) is 0. The Morgan fingerprint density at radius 2 is 1.90 bits per heavy atom. The Balaban J connectivity index is 1.93. The van der Waals surface area contributed by atoms with Crippen LogP contribution in [-0.4, -0.2) is 28.4 Å². The van der Waals surface area contributed by atoms with E-state index in [0.29, 0.717) is 29.2 Å².